The van der Waals surface area contributed by atoms with Gasteiger partial charge in [0.25, 0.3) is 0 Å². The molecule has 0 amide bonds. The van der Waals surface area contributed by atoms with Gasteiger partial charge in [-0.05, 0) is 48.6 Å². The van der Waals surface area contributed by atoms with Crippen molar-refractivity contribution in [2.45, 2.75) is 66.2 Å². The van der Waals surface area contributed by atoms with E-state index in [0.717, 1.165) is 61.7 Å². The Labute approximate surface area is 209 Å². The van der Waals surface area contributed by atoms with Crippen LogP contribution in [-0.4, -0.2) is 35.9 Å². The number of methoxy groups -OCH3 is 1. The molecule has 0 atom stereocenters. The fourth-order valence-corrected chi connectivity index (χ4v) is 5.05. The number of aryl methyl sites for hydroxylation is 1. The van der Waals surface area contributed by atoms with E-state index in [-0.39, 0.29) is 0 Å². The number of ether oxygens (including phenoxy) is 1. The summed E-state index contributed by atoms with van der Waals surface area (Å²) in [5, 5.41) is 1.22. The third kappa shape index (κ3) is 6.47. The number of nitrogens with zero attached hydrogens (tertiary/aromatic N) is 3. The number of hydrogen-bond donors (Lipinski definition) is 0. The molecule has 3 aromatic rings. The first-order valence-corrected chi connectivity index (χ1v) is 13.4. The molecule has 0 saturated heterocycles. The van der Waals surface area contributed by atoms with Gasteiger partial charge in [-0.2, -0.15) is 0 Å². The highest BCUT2D eigenvalue weighted by Crippen LogP contribution is 2.34. The molecule has 0 bridgehead atoms. The number of para-hydroxylation sites is 1. The number of thiazole rings is 1. The van der Waals surface area contributed by atoms with Crippen LogP contribution in [0.4, 0.5) is 5.69 Å². The van der Waals surface area contributed by atoms with Gasteiger partial charge in [0.2, 0.25) is 0 Å². The monoisotopic (exact) mass is 477 g/mol. The topological polar surface area (TPSA) is 37.7 Å². The zero-order valence-corrected chi connectivity index (χ0v) is 22.4. The Morgan fingerprint density at radius 2 is 1.65 bits per heavy atom. The number of fused-ring (bicyclic) bond motifs is 2. The molecule has 1 aliphatic rings. The first kappa shape index (κ1) is 26.0. The molecule has 182 valence electrons. The van der Waals surface area contributed by atoms with Crippen LogP contribution in [0, 0.1) is 0 Å². The molecule has 4 rings (SSSR count). The van der Waals surface area contributed by atoms with E-state index in [1.807, 2.05) is 23.5 Å². The molecule has 0 spiro atoms. The van der Waals surface area contributed by atoms with E-state index in [0.29, 0.717) is 5.92 Å². The molecule has 5 heteroatoms. The minimum atomic E-state index is 0.462. The molecule has 0 unspecified atom stereocenters. The Balaban J connectivity index is 0.000000271. The number of amidine groups is 1. The van der Waals surface area contributed by atoms with Crippen molar-refractivity contribution < 1.29 is 4.74 Å². The predicted molar refractivity (Wildman–Crippen MR) is 146 cm³/mol. The minimum Gasteiger partial charge on any atom is -0.497 e. The summed E-state index contributed by atoms with van der Waals surface area (Å²) in [7, 11) is 1.68. The number of rotatable bonds is 7. The van der Waals surface area contributed by atoms with Crippen molar-refractivity contribution in [3.63, 3.8) is 0 Å². The van der Waals surface area contributed by atoms with Crippen molar-refractivity contribution in [1.29, 1.82) is 0 Å². The number of aliphatic imine (C=N–C) groups is 1. The second-order valence-corrected chi connectivity index (χ2v) is 10.0. The lowest BCUT2D eigenvalue weighted by atomic mass is 10.1. The van der Waals surface area contributed by atoms with Crippen molar-refractivity contribution in [3.05, 3.63) is 75.2 Å². The lowest BCUT2D eigenvalue weighted by Crippen LogP contribution is -2.33. The number of aromatic nitrogens is 1. The summed E-state index contributed by atoms with van der Waals surface area (Å²) in [6.07, 6.45) is 4.27. The van der Waals surface area contributed by atoms with Gasteiger partial charge in [0.1, 0.15) is 11.4 Å². The molecule has 1 aromatic heterocycles. The Morgan fingerprint density at radius 3 is 2.24 bits per heavy atom. The van der Waals surface area contributed by atoms with Gasteiger partial charge in [-0.1, -0.05) is 65.0 Å². The molecule has 0 aliphatic carbocycles. The van der Waals surface area contributed by atoms with Gasteiger partial charge < -0.3 is 9.64 Å². The highest BCUT2D eigenvalue weighted by atomic mass is 32.1. The summed E-state index contributed by atoms with van der Waals surface area (Å²) in [4.78, 5) is 13.9. The average Bonchev–Trinajstić information content (AvgIpc) is 3.21. The maximum absolute atomic E-state index is 5.08. The number of benzene rings is 2. The largest absolute Gasteiger partial charge is 0.497 e. The van der Waals surface area contributed by atoms with Gasteiger partial charge in [0.15, 0.2) is 5.84 Å². The van der Waals surface area contributed by atoms with E-state index in [1.165, 1.54) is 21.0 Å². The fourth-order valence-electron chi connectivity index (χ4n) is 3.97. The second-order valence-electron chi connectivity index (χ2n) is 8.91. The molecule has 4 nitrogen and oxygen atoms in total. The van der Waals surface area contributed by atoms with Crippen LogP contribution in [0.1, 0.15) is 80.1 Å². The van der Waals surface area contributed by atoms with Gasteiger partial charge in [-0.25, -0.2) is 9.98 Å². The van der Waals surface area contributed by atoms with E-state index in [1.54, 1.807) is 7.11 Å². The summed E-state index contributed by atoms with van der Waals surface area (Å²) in [5.41, 5.74) is 4.87. The molecular formula is C29H39N3OS. The van der Waals surface area contributed by atoms with Crippen LogP contribution in [-0.2, 0) is 12.8 Å². The van der Waals surface area contributed by atoms with Crippen LogP contribution in [0.2, 0.25) is 0 Å². The Kier molecular flexibility index (Phi) is 9.70. The Morgan fingerprint density at radius 1 is 0.971 bits per heavy atom. The zero-order chi connectivity index (χ0) is 24.5. The number of hydrogen-bond acceptors (Lipinski definition) is 5. The minimum absolute atomic E-state index is 0.462. The summed E-state index contributed by atoms with van der Waals surface area (Å²) in [5.74, 6) is 2.46. The molecule has 0 saturated carbocycles. The van der Waals surface area contributed by atoms with Crippen molar-refractivity contribution >= 4 is 22.9 Å². The van der Waals surface area contributed by atoms with Crippen molar-refractivity contribution in [2.75, 3.05) is 20.2 Å². The maximum atomic E-state index is 5.08. The van der Waals surface area contributed by atoms with Crippen molar-refractivity contribution in [2.24, 2.45) is 4.99 Å². The quantitative estimate of drug-likeness (QED) is 0.351. The highest BCUT2D eigenvalue weighted by molar-refractivity contribution is 7.12. The molecule has 2 aromatic carbocycles. The van der Waals surface area contributed by atoms with Crippen molar-refractivity contribution in [1.82, 2.24) is 9.88 Å². The summed E-state index contributed by atoms with van der Waals surface area (Å²) in [6.45, 7) is 13.1. The lowest BCUT2D eigenvalue weighted by Gasteiger charge is -2.24. The molecular weight excluding hydrogens is 438 g/mol. The molecule has 0 radical (unpaired) electrons. The van der Waals surface area contributed by atoms with E-state index < -0.39 is 0 Å². The molecule has 2 heterocycles. The third-order valence-electron chi connectivity index (χ3n) is 5.84. The van der Waals surface area contributed by atoms with Crippen LogP contribution >= 0.6 is 11.3 Å². The predicted octanol–water partition coefficient (Wildman–Crippen LogP) is 7.63. The Hall–Kier alpha value is -2.66. The van der Waals surface area contributed by atoms with E-state index in [9.17, 15) is 0 Å². The van der Waals surface area contributed by atoms with Crippen LogP contribution < -0.4 is 4.74 Å². The van der Waals surface area contributed by atoms with Crippen LogP contribution in [0.5, 0.6) is 5.75 Å². The SMILES string of the molecule is CCCN(CCC)C1=Nc2ccccc2Cc2sc(C(C)C)nc21.CCc1ccc(OC)cc1. The fraction of sp³-hybridized carbons (Fsp3) is 0.448. The maximum Gasteiger partial charge on any atom is 0.156 e. The summed E-state index contributed by atoms with van der Waals surface area (Å²) < 4.78 is 5.01. The molecule has 34 heavy (non-hydrogen) atoms. The Bertz CT molecular complexity index is 1040. The van der Waals surface area contributed by atoms with Crippen LogP contribution in [0.15, 0.2) is 53.5 Å². The van der Waals surface area contributed by atoms with E-state index in [4.69, 9.17) is 14.7 Å². The van der Waals surface area contributed by atoms with Crippen LogP contribution in [0.25, 0.3) is 0 Å². The van der Waals surface area contributed by atoms with Gasteiger partial charge in [-0.15, -0.1) is 11.3 Å². The standard InChI is InChI=1S/C20H27N3S.C9H12O/c1-5-11-23(12-6-2)19-18-17(24-20(22-18)14(3)4)13-15-9-7-8-10-16(15)21-19;1-3-8-4-6-9(10-2)7-5-8/h7-10,14H,5-6,11-13H2,1-4H3;4-7H,3H2,1-2H3. The molecule has 0 N–H and O–H groups in total. The first-order chi connectivity index (χ1) is 16.5. The summed E-state index contributed by atoms with van der Waals surface area (Å²) in [6, 6.07) is 16.7. The van der Waals surface area contributed by atoms with Gasteiger partial charge in [0, 0.05) is 30.3 Å². The molecule has 1 aliphatic heterocycles. The zero-order valence-electron chi connectivity index (χ0n) is 21.6. The third-order valence-corrected chi connectivity index (χ3v) is 7.20. The first-order valence-electron chi connectivity index (χ1n) is 12.5. The lowest BCUT2D eigenvalue weighted by molar-refractivity contribution is 0.414. The summed E-state index contributed by atoms with van der Waals surface area (Å²) >= 11 is 1.86. The van der Waals surface area contributed by atoms with Crippen molar-refractivity contribution in [3.8, 4) is 5.75 Å². The average molecular weight is 478 g/mol. The van der Waals surface area contributed by atoms with Crippen LogP contribution in [0.3, 0.4) is 0 Å². The van der Waals surface area contributed by atoms with Gasteiger partial charge in [0.05, 0.1) is 17.8 Å². The second kappa shape index (κ2) is 12.7. The highest BCUT2D eigenvalue weighted by Gasteiger charge is 2.25. The smallest absolute Gasteiger partial charge is 0.156 e. The van der Waals surface area contributed by atoms with E-state index in [2.05, 4.69) is 75.9 Å². The van der Waals surface area contributed by atoms with Gasteiger partial charge >= 0.3 is 0 Å². The van der Waals surface area contributed by atoms with Gasteiger partial charge in [-0.3, -0.25) is 0 Å². The molecule has 0 fully saturated rings. The normalized spacial score (nSPS) is 12.1. The van der Waals surface area contributed by atoms with E-state index >= 15 is 0 Å².